The molecule has 1 aliphatic carbocycles. The highest BCUT2D eigenvalue weighted by atomic mass is 32.2. The van der Waals surface area contributed by atoms with Crippen molar-refractivity contribution in [3.8, 4) is 0 Å². The maximum absolute atomic E-state index is 12.5. The van der Waals surface area contributed by atoms with Gasteiger partial charge in [0.25, 0.3) is 0 Å². The third kappa shape index (κ3) is 4.89. The van der Waals surface area contributed by atoms with Crippen molar-refractivity contribution >= 4 is 17.7 Å². The highest BCUT2D eigenvalue weighted by molar-refractivity contribution is 7.98. The first-order valence-corrected chi connectivity index (χ1v) is 11.0. The van der Waals surface area contributed by atoms with E-state index in [1.807, 2.05) is 20.1 Å². The van der Waals surface area contributed by atoms with Crippen LogP contribution in [0.25, 0.3) is 0 Å². The molecule has 0 bridgehead atoms. The second-order valence-electron chi connectivity index (χ2n) is 7.38. The minimum atomic E-state index is 0.0297. The number of rotatable bonds is 6. The Bertz CT molecular complexity index is 811. The van der Waals surface area contributed by atoms with Crippen LogP contribution in [0.1, 0.15) is 65.9 Å². The maximum atomic E-state index is 12.5. The van der Waals surface area contributed by atoms with Crippen molar-refractivity contribution in [3.63, 3.8) is 0 Å². The minimum absolute atomic E-state index is 0.0297. The van der Waals surface area contributed by atoms with Crippen molar-refractivity contribution in [2.24, 2.45) is 0 Å². The molecule has 0 saturated carbocycles. The fourth-order valence-electron chi connectivity index (χ4n) is 3.82. The van der Waals surface area contributed by atoms with Crippen LogP contribution in [0.2, 0.25) is 0 Å². The summed E-state index contributed by atoms with van der Waals surface area (Å²) in [4.78, 5) is 21.5. The van der Waals surface area contributed by atoms with Gasteiger partial charge in [-0.3, -0.25) is 4.79 Å². The number of nitrogens with one attached hydrogen (secondary N) is 1. The van der Waals surface area contributed by atoms with E-state index in [1.54, 1.807) is 11.8 Å². The fourth-order valence-corrected chi connectivity index (χ4v) is 4.28. The Labute approximate surface area is 166 Å². The topological polar surface area (TPSA) is 54.9 Å². The molecule has 1 atom stereocenters. The quantitative estimate of drug-likeness (QED) is 0.589. The van der Waals surface area contributed by atoms with Crippen molar-refractivity contribution in [1.82, 2.24) is 15.3 Å². The van der Waals surface area contributed by atoms with Crippen molar-refractivity contribution in [2.75, 3.05) is 6.26 Å². The molecule has 3 rings (SSSR count). The van der Waals surface area contributed by atoms with E-state index in [-0.39, 0.29) is 11.9 Å². The Morgan fingerprint density at radius 2 is 1.81 bits per heavy atom. The highest BCUT2D eigenvalue weighted by Gasteiger charge is 2.15. The first-order valence-electron chi connectivity index (χ1n) is 9.77. The molecule has 1 amide bonds. The van der Waals surface area contributed by atoms with Gasteiger partial charge in [0.2, 0.25) is 5.91 Å². The fraction of sp³-hybridized carbons (Fsp3) is 0.500. The molecule has 0 spiro atoms. The second-order valence-corrected chi connectivity index (χ2v) is 8.16. The number of hydrogen-bond donors (Lipinski definition) is 1. The summed E-state index contributed by atoms with van der Waals surface area (Å²) in [7, 11) is 0. The van der Waals surface area contributed by atoms with Crippen molar-refractivity contribution < 1.29 is 4.79 Å². The van der Waals surface area contributed by atoms with E-state index in [4.69, 9.17) is 0 Å². The lowest BCUT2D eigenvalue weighted by Crippen LogP contribution is -2.27. The molecule has 0 fully saturated rings. The normalized spacial score (nSPS) is 14.5. The lowest BCUT2D eigenvalue weighted by molar-refractivity contribution is -0.121. The monoisotopic (exact) mass is 383 g/mol. The van der Waals surface area contributed by atoms with Gasteiger partial charge in [0.15, 0.2) is 5.16 Å². The average Bonchev–Trinajstić information content (AvgIpc) is 2.66. The third-order valence-electron chi connectivity index (χ3n) is 5.43. The molecule has 1 aliphatic rings. The zero-order valence-corrected chi connectivity index (χ0v) is 17.6. The summed E-state index contributed by atoms with van der Waals surface area (Å²) in [6.07, 6.45) is 8.02. The van der Waals surface area contributed by atoms with Crippen LogP contribution >= 0.6 is 11.8 Å². The molecule has 1 heterocycles. The first-order chi connectivity index (χ1) is 13.0. The summed E-state index contributed by atoms with van der Waals surface area (Å²) in [6.45, 7) is 6.06. The molecule has 1 aromatic carbocycles. The van der Waals surface area contributed by atoms with Crippen LogP contribution in [-0.2, 0) is 24.1 Å². The van der Waals surface area contributed by atoms with Crippen molar-refractivity contribution in [2.45, 2.75) is 70.5 Å². The highest BCUT2D eigenvalue weighted by Crippen LogP contribution is 2.25. The summed E-state index contributed by atoms with van der Waals surface area (Å²) >= 11 is 1.54. The molecule has 0 aliphatic heterocycles. The Balaban J connectivity index is 1.59. The number of carbonyl (C=O) groups is 1. The van der Waals surface area contributed by atoms with Gasteiger partial charge in [-0.1, -0.05) is 30.0 Å². The van der Waals surface area contributed by atoms with E-state index in [0.717, 1.165) is 28.5 Å². The number of hydrogen-bond acceptors (Lipinski definition) is 4. The summed E-state index contributed by atoms with van der Waals surface area (Å²) in [5.41, 5.74) is 7.17. The number of amides is 1. The molecule has 1 N–H and O–H groups in total. The van der Waals surface area contributed by atoms with E-state index < -0.39 is 0 Å². The number of fused-ring (bicyclic) bond motifs is 1. The molecule has 27 heavy (non-hydrogen) atoms. The second kappa shape index (κ2) is 8.87. The van der Waals surface area contributed by atoms with Gasteiger partial charge in [-0.05, 0) is 81.4 Å². The van der Waals surface area contributed by atoms with Crippen LogP contribution in [-0.4, -0.2) is 22.1 Å². The van der Waals surface area contributed by atoms with Crippen LogP contribution in [0.3, 0.4) is 0 Å². The van der Waals surface area contributed by atoms with E-state index in [1.165, 1.54) is 36.0 Å². The van der Waals surface area contributed by atoms with Gasteiger partial charge >= 0.3 is 0 Å². The zero-order chi connectivity index (χ0) is 19.4. The molecule has 0 saturated heterocycles. The molecule has 2 aromatic rings. The predicted octanol–water partition coefficient (Wildman–Crippen LogP) is 4.50. The lowest BCUT2D eigenvalue weighted by atomic mass is 9.89. The van der Waals surface area contributed by atoms with Crippen LogP contribution in [0.5, 0.6) is 0 Å². The smallest absolute Gasteiger partial charge is 0.220 e. The van der Waals surface area contributed by atoms with Gasteiger partial charge in [0.1, 0.15) is 0 Å². The summed E-state index contributed by atoms with van der Waals surface area (Å²) in [5, 5.41) is 3.94. The average molecular weight is 384 g/mol. The SMILES string of the molecule is CSc1nc(C)c(CCC(=O)NC(C)c2ccc3c(c2)CCCC3)c(C)n1. The lowest BCUT2D eigenvalue weighted by Gasteiger charge is -2.20. The number of benzene rings is 1. The Kier molecular flexibility index (Phi) is 6.53. The molecule has 5 heteroatoms. The molecule has 0 radical (unpaired) electrons. The van der Waals surface area contributed by atoms with Crippen LogP contribution < -0.4 is 5.32 Å². The number of thioether (sulfide) groups is 1. The summed E-state index contributed by atoms with van der Waals surface area (Å²) in [6, 6.07) is 6.72. The number of nitrogens with zero attached hydrogens (tertiary/aromatic N) is 2. The van der Waals surface area contributed by atoms with E-state index in [2.05, 4.69) is 40.4 Å². The van der Waals surface area contributed by atoms with Gasteiger partial charge in [-0.15, -0.1) is 0 Å². The Morgan fingerprint density at radius 1 is 1.15 bits per heavy atom. The number of aromatic nitrogens is 2. The molecule has 144 valence electrons. The van der Waals surface area contributed by atoms with E-state index in [0.29, 0.717) is 12.8 Å². The van der Waals surface area contributed by atoms with Gasteiger partial charge in [0.05, 0.1) is 6.04 Å². The Hall–Kier alpha value is -1.88. The molecule has 1 unspecified atom stereocenters. The van der Waals surface area contributed by atoms with E-state index >= 15 is 0 Å². The van der Waals surface area contributed by atoms with Gasteiger partial charge in [0, 0.05) is 17.8 Å². The first kappa shape index (κ1) is 19.9. The molecule has 4 nitrogen and oxygen atoms in total. The zero-order valence-electron chi connectivity index (χ0n) is 16.8. The molecular formula is C22H29N3OS. The third-order valence-corrected chi connectivity index (χ3v) is 5.98. The maximum Gasteiger partial charge on any atom is 0.220 e. The van der Waals surface area contributed by atoms with Gasteiger partial charge < -0.3 is 5.32 Å². The van der Waals surface area contributed by atoms with Crippen LogP contribution in [0.15, 0.2) is 23.4 Å². The largest absolute Gasteiger partial charge is 0.350 e. The number of carbonyl (C=O) groups excluding carboxylic acids is 1. The molecule has 1 aromatic heterocycles. The van der Waals surface area contributed by atoms with E-state index in [9.17, 15) is 4.79 Å². The summed E-state index contributed by atoms with van der Waals surface area (Å²) in [5.74, 6) is 0.0768. The van der Waals surface area contributed by atoms with Gasteiger partial charge in [-0.25, -0.2) is 9.97 Å². The van der Waals surface area contributed by atoms with Crippen LogP contribution in [0.4, 0.5) is 0 Å². The van der Waals surface area contributed by atoms with Crippen molar-refractivity contribution in [3.05, 3.63) is 51.8 Å². The minimum Gasteiger partial charge on any atom is -0.350 e. The number of aryl methyl sites for hydroxylation is 4. The Morgan fingerprint density at radius 3 is 2.48 bits per heavy atom. The summed E-state index contributed by atoms with van der Waals surface area (Å²) < 4.78 is 0. The van der Waals surface area contributed by atoms with Gasteiger partial charge in [-0.2, -0.15) is 0 Å². The predicted molar refractivity (Wildman–Crippen MR) is 111 cm³/mol. The standard InChI is InChI=1S/C22H29N3OS/c1-14(18-10-9-17-7-5-6-8-19(17)13-18)23-21(26)12-11-20-15(2)24-22(27-4)25-16(20)3/h9-10,13-14H,5-8,11-12H2,1-4H3,(H,23,26). The van der Waals surface area contributed by atoms with Crippen LogP contribution in [0, 0.1) is 13.8 Å². The van der Waals surface area contributed by atoms with Crippen molar-refractivity contribution in [1.29, 1.82) is 0 Å². The molecular weight excluding hydrogens is 354 g/mol.